The molecule has 1 atom stereocenters. The zero-order valence-corrected chi connectivity index (χ0v) is 20.0. The van der Waals surface area contributed by atoms with Crippen LogP contribution < -0.4 is 10.6 Å². The monoisotopic (exact) mass is 524 g/mol. The fourth-order valence-electron chi connectivity index (χ4n) is 2.57. The molecule has 2 N–H and O–H groups in total. The Labute approximate surface area is 189 Å². The summed E-state index contributed by atoms with van der Waals surface area (Å²) in [6.45, 7) is 4.84. The van der Waals surface area contributed by atoms with E-state index in [9.17, 15) is 4.79 Å². The van der Waals surface area contributed by atoms with Crippen molar-refractivity contribution in [3.8, 4) is 0 Å². The van der Waals surface area contributed by atoms with Gasteiger partial charge in [-0.25, -0.2) is 4.99 Å². The first kappa shape index (κ1) is 25.1. The van der Waals surface area contributed by atoms with E-state index in [0.717, 1.165) is 52.2 Å². The van der Waals surface area contributed by atoms with E-state index in [1.54, 1.807) is 30.3 Å². The van der Waals surface area contributed by atoms with Crippen LogP contribution in [0.5, 0.6) is 0 Å². The van der Waals surface area contributed by atoms with Gasteiger partial charge < -0.3 is 25.0 Å². The number of nitrogens with zero attached hydrogens (tertiary/aromatic N) is 2. The number of nitrogens with one attached hydrogen (secondary N) is 2. The molecule has 0 spiro atoms. The highest BCUT2D eigenvalue weighted by Gasteiger charge is 2.15. The molecule has 1 amide bonds. The fraction of sp³-hybridized carbons (Fsp3) is 0.684. The average molecular weight is 524 g/mol. The Hall–Kier alpha value is -0.910. The number of amides is 1. The molecule has 160 valence electrons. The lowest BCUT2D eigenvalue weighted by Crippen LogP contribution is -2.40. The van der Waals surface area contributed by atoms with Gasteiger partial charge in [0.05, 0.1) is 13.2 Å². The Morgan fingerprint density at radius 1 is 1.39 bits per heavy atom. The Balaban J connectivity index is 0.00000392. The van der Waals surface area contributed by atoms with Crippen molar-refractivity contribution in [3.63, 3.8) is 0 Å². The van der Waals surface area contributed by atoms with Crippen molar-refractivity contribution in [1.29, 1.82) is 0 Å². The van der Waals surface area contributed by atoms with Crippen LogP contribution in [0.3, 0.4) is 0 Å². The third-order valence-electron chi connectivity index (χ3n) is 4.25. The maximum absolute atomic E-state index is 11.8. The highest BCUT2D eigenvalue weighted by Crippen LogP contribution is 2.12. The van der Waals surface area contributed by atoms with Crippen molar-refractivity contribution >= 4 is 47.2 Å². The summed E-state index contributed by atoms with van der Waals surface area (Å²) in [7, 11) is 3.48. The second-order valence-corrected chi connectivity index (χ2v) is 7.83. The number of hydrogen-bond acceptors (Lipinski definition) is 5. The lowest BCUT2D eigenvalue weighted by Gasteiger charge is -2.14. The van der Waals surface area contributed by atoms with Crippen molar-refractivity contribution in [1.82, 2.24) is 15.5 Å². The standard InChI is InChI=1S/C19H32N4O3S.HI/c1-23(2)18(24)13-22-19(21-9-6-17-5-3-12-27-17)20-8-4-10-25-14-16-7-11-26-15-16;/h3,5,12,16H,4,6-11,13-15H2,1-2H3,(H2,20,21,22);1H. The van der Waals surface area contributed by atoms with Gasteiger partial charge >= 0.3 is 0 Å². The van der Waals surface area contributed by atoms with Gasteiger partial charge in [0.1, 0.15) is 6.54 Å². The molecule has 7 nitrogen and oxygen atoms in total. The summed E-state index contributed by atoms with van der Waals surface area (Å²) in [5.74, 6) is 1.20. The smallest absolute Gasteiger partial charge is 0.243 e. The lowest BCUT2D eigenvalue weighted by atomic mass is 10.1. The van der Waals surface area contributed by atoms with Gasteiger partial charge in [-0.05, 0) is 30.7 Å². The number of halogens is 1. The number of carbonyl (C=O) groups excluding carboxylic acids is 1. The fourth-order valence-corrected chi connectivity index (χ4v) is 3.28. The van der Waals surface area contributed by atoms with E-state index in [0.29, 0.717) is 18.5 Å². The molecule has 0 aromatic carbocycles. The summed E-state index contributed by atoms with van der Waals surface area (Å²) < 4.78 is 11.1. The highest BCUT2D eigenvalue weighted by molar-refractivity contribution is 14.0. The molecule has 0 radical (unpaired) electrons. The molecule has 0 aliphatic carbocycles. The molecule has 9 heteroatoms. The van der Waals surface area contributed by atoms with Crippen LogP contribution in [0, 0.1) is 5.92 Å². The Kier molecular flexibility index (Phi) is 13.5. The molecule has 1 unspecified atom stereocenters. The maximum Gasteiger partial charge on any atom is 0.243 e. The zero-order chi connectivity index (χ0) is 19.3. The van der Waals surface area contributed by atoms with Gasteiger partial charge in [0.2, 0.25) is 5.91 Å². The average Bonchev–Trinajstić information content (AvgIpc) is 3.35. The maximum atomic E-state index is 11.8. The van der Waals surface area contributed by atoms with Crippen LogP contribution in [0.2, 0.25) is 0 Å². The predicted molar refractivity (Wildman–Crippen MR) is 125 cm³/mol. The van der Waals surface area contributed by atoms with E-state index in [4.69, 9.17) is 9.47 Å². The van der Waals surface area contributed by atoms with Gasteiger partial charge in [0.25, 0.3) is 0 Å². The van der Waals surface area contributed by atoms with Crippen molar-refractivity contribution in [3.05, 3.63) is 22.4 Å². The second kappa shape index (κ2) is 15.0. The Morgan fingerprint density at radius 3 is 2.89 bits per heavy atom. The summed E-state index contributed by atoms with van der Waals surface area (Å²) in [4.78, 5) is 19.1. The molecule has 2 rings (SSSR count). The first-order chi connectivity index (χ1) is 13.1. The van der Waals surface area contributed by atoms with Crippen LogP contribution >= 0.6 is 35.3 Å². The number of likely N-dealkylation sites (N-methyl/N-ethyl adjacent to an activating group) is 1. The normalized spacial score (nSPS) is 16.5. The number of rotatable bonds is 11. The third kappa shape index (κ3) is 10.6. The van der Waals surface area contributed by atoms with Crippen molar-refractivity contribution < 1.29 is 14.3 Å². The second-order valence-electron chi connectivity index (χ2n) is 6.79. The highest BCUT2D eigenvalue weighted by atomic mass is 127. The summed E-state index contributed by atoms with van der Waals surface area (Å²) >= 11 is 1.75. The minimum absolute atomic E-state index is 0. The predicted octanol–water partition coefficient (Wildman–Crippen LogP) is 1.98. The lowest BCUT2D eigenvalue weighted by molar-refractivity contribution is -0.127. The van der Waals surface area contributed by atoms with Crippen LogP contribution in [0.15, 0.2) is 22.5 Å². The minimum Gasteiger partial charge on any atom is -0.381 e. The van der Waals surface area contributed by atoms with Crippen molar-refractivity contribution in [2.45, 2.75) is 19.3 Å². The van der Waals surface area contributed by atoms with Crippen LogP contribution in [-0.4, -0.2) is 76.9 Å². The number of aliphatic imine (C=N–C) groups is 1. The number of hydrogen-bond donors (Lipinski definition) is 2. The van der Waals surface area contributed by atoms with Crippen LogP contribution in [-0.2, 0) is 20.7 Å². The number of ether oxygens (including phenoxy) is 2. The van der Waals surface area contributed by atoms with E-state index in [1.807, 2.05) is 0 Å². The quantitative estimate of drug-likeness (QED) is 0.201. The SMILES string of the molecule is CN(C)C(=O)CN=C(NCCCOCC1CCOC1)NCCc1cccs1.I. The Bertz CT molecular complexity index is 564. The molecule has 1 aliphatic rings. The topological polar surface area (TPSA) is 75.2 Å². The zero-order valence-electron chi connectivity index (χ0n) is 16.8. The van der Waals surface area contributed by atoms with Gasteiger partial charge in [0, 0.05) is 51.2 Å². The third-order valence-corrected chi connectivity index (χ3v) is 5.19. The number of thiophene rings is 1. The molecule has 0 bridgehead atoms. The van der Waals surface area contributed by atoms with E-state index in [2.05, 4.69) is 33.1 Å². The summed E-state index contributed by atoms with van der Waals surface area (Å²) in [6, 6.07) is 4.18. The van der Waals surface area contributed by atoms with E-state index >= 15 is 0 Å². The first-order valence-corrected chi connectivity index (χ1v) is 10.4. The molecule has 0 saturated carbocycles. The summed E-state index contributed by atoms with van der Waals surface area (Å²) in [5.41, 5.74) is 0. The van der Waals surface area contributed by atoms with E-state index in [1.165, 1.54) is 4.88 Å². The molecule has 1 aromatic rings. The van der Waals surface area contributed by atoms with E-state index in [-0.39, 0.29) is 36.4 Å². The molecule has 2 heterocycles. The van der Waals surface area contributed by atoms with Gasteiger partial charge in [-0.3, -0.25) is 4.79 Å². The Morgan fingerprint density at radius 2 is 2.21 bits per heavy atom. The van der Waals surface area contributed by atoms with Gasteiger partial charge in [-0.1, -0.05) is 6.07 Å². The number of guanidine groups is 1. The van der Waals surface area contributed by atoms with Gasteiger partial charge in [0.15, 0.2) is 5.96 Å². The molecular formula is C19H33IN4O3S. The minimum atomic E-state index is -0.0172. The summed E-state index contributed by atoms with van der Waals surface area (Å²) in [6.07, 6.45) is 2.93. The molecule has 1 saturated heterocycles. The van der Waals surface area contributed by atoms with Crippen molar-refractivity contribution in [2.24, 2.45) is 10.9 Å². The first-order valence-electron chi connectivity index (χ1n) is 9.55. The molecule has 1 fully saturated rings. The number of carbonyl (C=O) groups is 1. The summed E-state index contributed by atoms with van der Waals surface area (Å²) in [5, 5.41) is 8.67. The molecule has 28 heavy (non-hydrogen) atoms. The molecule has 1 aromatic heterocycles. The van der Waals surface area contributed by atoms with Gasteiger partial charge in [-0.2, -0.15) is 0 Å². The van der Waals surface area contributed by atoms with Crippen LogP contribution in [0.25, 0.3) is 0 Å². The van der Waals surface area contributed by atoms with Crippen LogP contribution in [0.1, 0.15) is 17.7 Å². The molecule has 1 aliphatic heterocycles. The van der Waals surface area contributed by atoms with E-state index < -0.39 is 0 Å². The van der Waals surface area contributed by atoms with Crippen molar-refractivity contribution in [2.75, 3.05) is 60.2 Å². The largest absolute Gasteiger partial charge is 0.381 e. The molecular weight excluding hydrogens is 491 g/mol. The van der Waals surface area contributed by atoms with Gasteiger partial charge in [-0.15, -0.1) is 35.3 Å². The van der Waals surface area contributed by atoms with Crippen LogP contribution in [0.4, 0.5) is 0 Å².